The van der Waals surface area contributed by atoms with E-state index in [-0.39, 0.29) is 0 Å². The third kappa shape index (κ3) is 3.91. The third-order valence-electron chi connectivity index (χ3n) is 5.77. The van der Waals surface area contributed by atoms with Gasteiger partial charge >= 0.3 is 0 Å². The SMILES string of the molecule is CN1CCN(c2cc(Cc3ccc(Cl)cc3)cc3ccc(-c4ncno4)cc23)CC1. The van der Waals surface area contributed by atoms with E-state index in [0.29, 0.717) is 5.89 Å². The van der Waals surface area contributed by atoms with E-state index < -0.39 is 0 Å². The molecule has 0 saturated carbocycles. The summed E-state index contributed by atoms with van der Waals surface area (Å²) in [4.78, 5) is 9.08. The minimum Gasteiger partial charge on any atom is -0.368 e. The van der Waals surface area contributed by atoms with E-state index in [1.807, 2.05) is 12.1 Å². The van der Waals surface area contributed by atoms with E-state index in [9.17, 15) is 0 Å². The first-order chi connectivity index (χ1) is 14.7. The van der Waals surface area contributed by atoms with Crippen molar-refractivity contribution in [3.05, 3.63) is 77.1 Å². The predicted molar refractivity (Wildman–Crippen MR) is 121 cm³/mol. The van der Waals surface area contributed by atoms with Gasteiger partial charge in [-0.3, -0.25) is 0 Å². The van der Waals surface area contributed by atoms with Crippen LogP contribution in [0.5, 0.6) is 0 Å². The highest BCUT2D eigenvalue weighted by molar-refractivity contribution is 6.30. The van der Waals surface area contributed by atoms with Gasteiger partial charge in [0.1, 0.15) is 0 Å². The summed E-state index contributed by atoms with van der Waals surface area (Å²) < 4.78 is 5.29. The molecule has 1 aliphatic heterocycles. The van der Waals surface area contributed by atoms with Gasteiger partial charge in [-0.25, -0.2) is 0 Å². The van der Waals surface area contributed by atoms with Gasteiger partial charge in [0.05, 0.1) is 0 Å². The van der Waals surface area contributed by atoms with Crippen LogP contribution >= 0.6 is 11.6 Å². The first kappa shape index (κ1) is 19.1. The number of hydrogen-bond donors (Lipinski definition) is 0. The Morgan fingerprint density at radius 3 is 2.47 bits per heavy atom. The molecule has 0 unspecified atom stereocenters. The molecule has 0 amide bonds. The van der Waals surface area contributed by atoms with Crippen LogP contribution in [0.25, 0.3) is 22.2 Å². The highest BCUT2D eigenvalue weighted by atomic mass is 35.5. The third-order valence-corrected chi connectivity index (χ3v) is 6.02. The van der Waals surface area contributed by atoms with Gasteiger partial charge in [0.25, 0.3) is 5.89 Å². The Labute approximate surface area is 180 Å². The molecule has 1 fully saturated rings. The first-order valence-corrected chi connectivity index (χ1v) is 10.6. The molecule has 152 valence electrons. The van der Waals surface area contributed by atoms with Crippen molar-refractivity contribution in [2.75, 3.05) is 38.1 Å². The van der Waals surface area contributed by atoms with E-state index >= 15 is 0 Å². The molecule has 0 bridgehead atoms. The molecule has 1 saturated heterocycles. The van der Waals surface area contributed by atoms with E-state index in [4.69, 9.17) is 16.1 Å². The van der Waals surface area contributed by atoms with Crippen molar-refractivity contribution in [2.24, 2.45) is 0 Å². The molecule has 6 heteroatoms. The average molecular weight is 419 g/mol. The molecule has 1 aliphatic rings. The van der Waals surface area contributed by atoms with Crippen molar-refractivity contribution in [3.8, 4) is 11.5 Å². The summed E-state index contributed by atoms with van der Waals surface area (Å²) in [5.74, 6) is 0.548. The Morgan fingerprint density at radius 1 is 0.933 bits per heavy atom. The Morgan fingerprint density at radius 2 is 1.73 bits per heavy atom. The van der Waals surface area contributed by atoms with Crippen LogP contribution in [0.4, 0.5) is 5.69 Å². The lowest BCUT2D eigenvalue weighted by molar-refractivity contribution is 0.313. The molecule has 2 heterocycles. The number of aromatic nitrogens is 2. The zero-order valence-corrected chi connectivity index (χ0v) is 17.6. The van der Waals surface area contributed by atoms with E-state index in [1.54, 1.807) is 0 Å². The van der Waals surface area contributed by atoms with Gasteiger partial charge in [-0.05, 0) is 60.3 Å². The molecule has 0 atom stereocenters. The Bertz CT molecular complexity index is 1150. The highest BCUT2D eigenvalue weighted by Crippen LogP contribution is 2.33. The quantitative estimate of drug-likeness (QED) is 0.472. The molecule has 0 radical (unpaired) electrons. The molecule has 0 N–H and O–H groups in total. The van der Waals surface area contributed by atoms with Crippen LogP contribution < -0.4 is 4.90 Å². The Balaban J connectivity index is 1.58. The predicted octanol–water partition coefficient (Wildman–Crippen LogP) is 4.89. The second-order valence-electron chi connectivity index (χ2n) is 7.89. The van der Waals surface area contributed by atoms with Gasteiger partial charge in [0.2, 0.25) is 0 Å². The molecule has 5 nitrogen and oxygen atoms in total. The minimum absolute atomic E-state index is 0.548. The van der Waals surface area contributed by atoms with Crippen molar-refractivity contribution in [3.63, 3.8) is 0 Å². The summed E-state index contributed by atoms with van der Waals surface area (Å²) in [6, 6.07) is 19.1. The van der Waals surface area contributed by atoms with Crippen molar-refractivity contribution in [2.45, 2.75) is 6.42 Å². The maximum absolute atomic E-state index is 6.06. The summed E-state index contributed by atoms with van der Waals surface area (Å²) in [6.07, 6.45) is 2.31. The second kappa shape index (κ2) is 8.09. The lowest BCUT2D eigenvalue weighted by Gasteiger charge is -2.35. The van der Waals surface area contributed by atoms with Crippen LogP contribution in [0.2, 0.25) is 5.02 Å². The molecule has 0 spiro atoms. The van der Waals surface area contributed by atoms with Crippen molar-refractivity contribution in [1.82, 2.24) is 15.0 Å². The molecule has 5 rings (SSSR count). The molecule has 3 aromatic carbocycles. The summed E-state index contributed by atoms with van der Waals surface area (Å²) in [5.41, 5.74) is 4.77. The van der Waals surface area contributed by atoms with Gasteiger partial charge in [0.15, 0.2) is 6.33 Å². The maximum atomic E-state index is 6.06. The Hall–Kier alpha value is -2.89. The zero-order valence-electron chi connectivity index (χ0n) is 16.9. The summed E-state index contributed by atoms with van der Waals surface area (Å²) in [6.45, 7) is 4.15. The van der Waals surface area contributed by atoms with Gasteiger partial charge < -0.3 is 14.3 Å². The fourth-order valence-corrected chi connectivity index (χ4v) is 4.21. The number of benzene rings is 3. The van der Waals surface area contributed by atoms with Crippen LogP contribution in [-0.4, -0.2) is 48.3 Å². The minimum atomic E-state index is 0.548. The van der Waals surface area contributed by atoms with Gasteiger partial charge in [-0.15, -0.1) is 0 Å². The summed E-state index contributed by atoms with van der Waals surface area (Å²) >= 11 is 6.06. The topological polar surface area (TPSA) is 45.4 Å². The monoisotopic (exact) mass is 418 g/mol. The summed E-state index contributed by atoms with van der Waals surface area (Å²) in [7, 11) is 2.18. The number of anilines is 1. The van der Waals surface area contributed by atoms with Crippen LogP contribution in [0.15, 0.2) is 65.4 Å². The first-order valence-electron chi connectivity index (χ1n) is 10.2. The fraction of sp³-hybridized carbons (Fsp3) is 0.250. The normalized spacial score (nSPS) is 15.1. The van der Waals surface area contributed by atoms with Gasteiger partial charge in [0, 0.05) is 47.8 Å². The zero-order chi connectivity index (χ0) is 20.5. The molecule has 1 aromatic heterocycles. The van der Waals surface area contributed by atoms with Crippen LogP contribution in [0.3, 0.4) is 0 Å². The molecule has 4 aromatic rings. The van der Waals surface area contributed by atoms with E-state index in [2.05, 4.69) is 69.5 Å². The Kier molecular flexibility index (Phi) is 5.15. The molecular weight excluding hydrogens is 396 g/mol. The van der Waals surface area contributed by atoms with E-state index in [1.165, 1.54) is 33.9 Å². The van der Waals surface area contributed by atoms with Crippen LogP contribution in [0, 0.1) is 0 Å². The number of likely N-dealkylation sites (N-methyl/N-ethyl adjacent to an activating group) is 1. The number of nitrogens with zero attached hydrogens (tertiary/aromatic N) is 4. The van der Waals surface area contributed by atoms with Gasteiger partial charge in [-0.1, -0.05) is 41.0 Å². The number of piperazine rings is 1. The molecular formula is C24H23ClN4O. The van der Waals surface area contributed by atoms with E-state index in [0.717, 1.165) is 43.2 Å². The number of hydrogen-bond acceptors (Lipinski definition) is 5. The number of rotatable bonds is 4. The highest BCUT2D eigenvalue weighted by Gasteiger charge is 2.18. The average Bonchev–Trinajstić information content (AvgIpc) is 3.30. The van der Waals surface area contributed by atoms with Crippen LogP contribution in [0.1, 0.15) is 11.1 Å². The van der Waals surface area contributed by atoms with Crippen molar-refractivity contribution >= 4 is 28.1 Å². The second-order valence-corrected chi connectivity index (χ2v) is 8.33. The molecule has 0 aliphatic carbocycles. The fourth-order valence-electron chi connectivity index (χ4n) is 4.08. The number of halogens is 1. The smallest absolute Gasteiger partial charge is 0.257 e. The van der Waals surface area contributed by atoms with Crippen LogP contribution in [-0.2, 0) is 6.42 Å². The standard InChI is InChI=1S/C24H23ClN4O/c1-28-8-10-29(11-9-28)23-14-18(12-17-2-6-21(25)7-3-17)13-19-4-5-20(15-22(19)23)24-26-16-27-30-24/h2-7,13-16H,8-12H2,1H3. The van der Waals surface area contributed by atoms with Gasteiger partial charge in [-0.2, -0.15) is 4.98 Å². The maximum Gasteiger partial charge on any atom is 0.257 e. The molecule has 30 heavy (non-hydrogen) atoms. The lowest BCUT2D eigenvalue weighted by atomic mass is 9.97. The lowest BCUT2D eigenvalue weighted by Crippen LogP contribution is -2.44. The van der Waals surface area contributed by atoms with Crippen molar-refractivity contribution < 1.29 is 4.52 Å². The summed E-state index contributed by atoms with van der Waals surface area (Å²) in [5, 5.41) is 6.96. The number of fused-ring (bicyclic) bond motifs is 1. The largest absolute Gasteiger partial charge is 0.368 e. The van der Waals surface area contributed by atoms with Crippen molar-refractivity contribution in [1.29, 1.82) is 0 Å².